The molecule has 0 saturated heterocycles. The van der Waals surface area contributed by atoms with Crippen LogP contribution in [0.2, 0.25) is 0 Å². The van der Waals surface area contributed by atoms with Crippen molar-refractivity contribution in [1.82, 2.24) is 9.97 Å². The van der Waals surface area contributed by atoms with E-state index < -0.39 is 0 Å². The number of nitrogens with zero attached hydrogens (tertiary/aromatic N) is 2. The summed E-state index contributed by atoms with van der Waals surface area (Å²) in [5.41, 5.74) is 1.01. The van der Waals surface area contributed by atoms with Crippen molar-refractivity contribution < 1.29 is 0 Å². The van der Waals surface area contributed by atoms with E-state index in [0.29, 0.717) is 0 Å². The fourth-order valence-corrected chi connectivity index (χ4v) is 1.93. The van der Waals surface area contributed by atoms with Crippen molar-refractivity contribution in [1.29, 1.82) is 0 Å². The van der Waals surface area contributed by atoms with E-state index in [-0.39, 0.29) is 0 Å². The van der Waals surface area contributed by atoms with Crippen LogP contribution < -0.4 is 15.9 Å². The van der Waals surface area contributed by atoms with Crippen molar-refractivity contribution in [2.75, 3.05) is 5.32 Å². The molecule has 0 aromatic carbocycles. The van der Waals surface area contributed by atoms with Gasteiger partial charge in [-0.15, -0.1) is 0 Å². The van der Waals surface area contributed by atoms with Gasteiger partial charge in [0.05, 0.1) is 5.35 Å². The maximum absolute atomic E-state index is 4.59. The Morgan fingerprint density at radius 1 is 0.941 bits per heavy atom. The molecule has 0 spiro atoms. The highest BCUT2D eigenvalue weighted by atomic mass is 15.0. The second kappa shape index (κ2) is 4.37. The Morgan fingerprint density at radius 3 is 2.65 bits per heavy atom. The average molecular weight is 223 g/mol. The molecule has 3 heteroatoms. The van der Waals surface area contributed by atoms with Crippen molar-refractivity contribution in [2.24, 2.45) is 0 Å². The number of fused-ring (bicyclic) bond motifs is 1. The van der Waals surface area contributed by atoms with Gasteiger partial charge in [-0.25, -0.2) is 4.98 Å². The predicted octanol–water partition coefficient (Wildman–Crippen LogP) is 1.57. The van der Waals surface area contributed by atoms with Crippen LogP contribution in [0.4, 0.5) is 11.5 Å². The Morgan fingerprint density at radius 2 is 1.76 bits per heavy atom. The molecule has 2 heterocycles. The Balaban J connectivity index is 1.96. The Labute approximate surface area is 99.6 Å². The van der Waals surface area contributed by atoms with Gasteiger partial charge in [-0.1, -0.05) is 12.2 Å². The summed E-state index contributed by atoms with van der Waals surface area (Å²) in [5, 5.41) is 5.58. The van der Waals surface area contributed by atoms with Crippen molar-refractivity contribution in [3.05, 3.63) is 47.2 Å². The summed E-state index contributed by atoms with van der Waals surface area (Å²) >= 11 is 0. The molecule has 0 amide bonds. The summed E-state index contributed by atoms with van der Waals surface area (Å²) in [6.07, 6.45) is 10.2. The van der Waals surface area contributed by atoms with Crippen molar-refractivity contribution in [2.45, 2.75) is 12.8 Å². The zero-order valence-electron chi connectivity index (χ0n) is 9.43. The molecular formula is C14H13N3. The third-order valence-electron chi connectivity index (χ3n) is 2.78. The fourth-order valence-electron chi connectivity index (χ4n) is 1.93. The summed E-state index contributed by atoms with van der Waals surface area (Å²) in [7, 11) is 0. The van der Waals surface area contributed by atoms with Gasteiger partial charge in [-0.05, 0) is 42.3 Å². The van der Waals surface area contributed by atoms with Gasteiger partial charge in [0, 0.05) is 18.1 Å². The number of rotatable bonds is 2. The molecule has 2 aromatic rings. The number of nitrogens with one attached hydrogen (secondary N) is 1. The highest BCUT2D eigenvalue weighted by molar-refractivity contribution is 5.55. The number of hydrogen-bond donors (Lipinski definition) is 1. The number of pyridine rings is 2. The van der Waals surface area contributed by atoms with Gasteiger partial charge in [-0.2, -0.15) is 0 Å². The van der Waals surface area contributed by atoms with Gasteiger partial charge in [0.2, 0.25) is 0 Å². The molecule has 0 radical (unpaired) electrons. The van der Waals surface area contributed by atoms with Crippen molar-refractivity contribution >= 4 is 23.7 Å². The lowest BCUT2D eigenvalue weighted by molar-refractivity contribution is 1.08. The summed E-state index contributed by atoms with van der Waals surface area (Å²) in [5.74, 6) is 0.876. The first-order valence-corrected chi connectivity index (χ1v) is 5.76. The molecule has 17 heavy (non-hydrogen) atoms. The zero-order chi connectivity index (χ0) is 11.5. The van der Waals surface area contributed by atoms with Crippen LogP contribution >= 0.6 is 0 Å². The van der Waals surface area contributed by atoms with Crippen LogP contribution in [0.3, 0.4) is 0 Å². The minimum atomic E-state index is 0.876. The first-order valence-electron chi connectivity index (χ1n) is 5.76. The van der Waals surface area contributed by atoms with Crippen molar-refractivity contribution in [3.63, 3.8) is 0 Å². The quantitative estimate of drug-likeness (QED) is 0.840. The third-order valence-corrected chi connectivity index (χ3v) is 2.78. The molecule has 1 aliphatic carbocycles. The molecule has 0 unspecified atom stereocenters. The van der Waals surface area contributed by atoms with Gasteiger partial charge in [-0.3, -0.25) is 4.98 Å². The van der Waals surface area contributed by atoms with Crippen LogP contribution in [0.15, 0.2) is 36.7 Å². The Bertz CT molecular complexity index is 632. The molecule has 0 bridgehead atoms. The highest BCUT2D eigenvalue weighted by Gasteiger charge is 1.98. The molecule has 0 saturated carbocycles. The SMILES string of the molecule is C1=c2ccc(Nc3ccncc3)nc2=CCC1. The number of aromatic nitrogens is 2. The molecule has 0 aliphatic heterocycles. The minimum absolute atomic E-state index is 0.876. The molecule has 3 rings (SSSR count). The van der Waals surface area contributed by atoms with Crippen LogP contribution in [-0.4, -0.2) is 9.97 Å². The topological polar surface area (TPSA) is 37.8 Å². The molecule has 84 valence electrons. The third kappa shape index (κ3) is 2.18. The lowest BCUT2D eigenvalue weighted by Crippen LogP contribution is -2.30. The minimum Gasteiger partial charge on any atom is -0.340 e. The van der Waals surface area contributed by atoms with Gasteiger partial charge in [0.15, 0.2) is 0 Å². The summed E-state index contributed by atoms with van der Waals surface area (Å²) < 4.78 is 0. The van der Waals surface area contributed by atoms with Gasteiger partial charge in [0.1, 0.15) is 5.82 Å². The van der Waals surface area contributed by atoms with E-state index in [4.69, 9.17) is 0 Å². The molecule has 1 aliphatic rings. The van der Waals surface area contributed by atoms with Crippen LogP contribution in [0.25, 0.3) is 12.2 Å². The normalized spacial score (nSPS) is 13.2. The molecule has 2 aromatic heterocycles. The maximum Gasteiger partial charge on any atom is 0.131 e. The van der Waals surface area contributed by atoms with E-state index in [1.165, 1.54) is 5.22 Å². The van der Waals surface area contributed by atoms with Gasteiger partial charge < -0.3 is 5.32 Å². The van der Waals surface area contributed by atoms with E-state index in [1.807, 2.05) is 18.2 Å². The van der Waals surface area contributed by atoms with E-state index in [9.17, 15) is 0 Å². The second-order valence-corrected chi connectivity index (χ2v) is 4.02. The summed E-state index contributed by atoms with van der Waals surface area (Å²) in [6, 6.07) is 7.98. The lowest BCUT2D eigenvalue weighted by Gasteiger charge is -2.06. The van der Waals surface area contributed by atoms with E-state index >= 15 is 0 Å². The maximum atomic E-state index is 4.59. The van der Waals surface area contributed by atoms with Crippen LogP contribution in [0.5, 0.6) is 0 Å². The average Bonchev–Trinajstić information content (AvgIpc) is 2.40. The fraction of sp³-hybridized carbons (Fsp3) is 0.143. The molecular weight excluding hydrogens is 210 g/mol. The van der Waals surface area contributed by atoms with E-state index in [0.717, 1.165) is 29.7 Å². The standard InChI is InChI=1S/C14H13N3/c1-2-4-13-11(3-1)5-6-14(17-13)16-12-7-9-15-10-8-12/h3-10H,1-2H2,(H,15,16,17). The Hall–Kier alpha value is -2.16. The monoisotopic (exact) mass is 223 g/mol. The van der Waals surface area contributed by atoms with Crippen LogP contribution in [0, 0.1) is 0 Å². The second-order valence-electron chi connectivity index (χ2n) is 4.02. The van der Waals surface area contributed by atoms with Gasteiger partial charge >= 0.3 is 0 Å². The summed E-state index contributed by atoms with van der Waals surface area (Å²) in [4.78, 5) is 8.58. The van der Waals surface area contributed by atoms with Gasteiger partial charge in [0.25, 0.3) is 0 Å². The van der Waals surface area contributed by atoms with Crippen molar-refractivity contribution in [3.8, 4) is 0 Å². The lowest BCUT2D eigenvalue weighted by atomic mass is 10.1. The van der Waals surface area contributed by atoms with Crippen LogP contribution in [0.1, 0.15) is 12.8 Å². The Kier molecular flexibility index (Phi) is 2.58. The largest absolute Gasteiger partial charge is 0.340 e. The first kappa shape index (κ1) is 10.0. The number of anilines is 2. The van der Waals surface area contributed by atoms with E-state index in [1.54, 1.807) is 12.4 Å². The zero-order valence-corrected chi connectivity index (χ0v) is 9.43. The van der Waals surface area contributed by atoms with Crippen LogP contribution in [-0.2, 0) is 0 Å². The molecule has 1 N–H and O–H groups in total. The molecule has 0 atom stereocenters. The molecule has 0 fully saturated rings. The predicted molar refractivity (Wildman–Crippen MR) is 69.2 cm³/mol. The highest BCUT2D eigenvalue weighted by Crippen LogP contribution is 2.10. The first-order chi connectivity index (χ1) is 8.42. The summed E-state index contributed by atoms with van der Waals surface area (Å²) in [6.45, 7) is 0. The number of hydrogen-bond acceptors (Lipinski definition) is 3. The molecule has 3 nitrogen and oxygen atoms in total. The smallest absolute Gasteiger partial charge is 0.131 e. The van der Waals surface area contributed by atoms with E-state index in [2.05, 4.69) is 33.5 Å².